The van der Waals surface area contributed by atoms with Crippen molar-refractivity contribution in [2.75, 3.05) is 0 Å². The van der Waals surface area contributed by atoms with Crippen LogP contribution in [0.3, 0.4) is 0 Å². The van der Waals surface area contributed by atoms with Crippen LogP contribution in [0.1, 0.15) is 0 Å². The lowest BCUT2D eigenvalue weighted by Crippen LogP contribution is -1.92. The zero-order valence-electron chi connectivity index (χ0n) is 73.7. The molecule has 0 saturated heterocycles. The van der Waals surface area contributed by atoms with E-state index in [-0.39, 0.29) is 0 Å². The second kappa shape index (κ2) is 31.8. The van der Waals surface area contributed by atoms with Crippen LogP contribution < -0.4 is 0 Å². The molecule has 30 aromatic rings. The standard InChI is InChI=1S/C44H27NOS.2C42H25NOS/c1-3-11-29(12-4-1)34-17-9-18-36-41-33(16-10-20-40(41)47-44(34)36)30-23-21-28(22-24-30)31-25-26-39-37(27-31)42-43(46-39)35-15-7-8-19-38(35)45(42)32-13-5-2-6-14-32;1-2-10-32(11-3-1)43-37-13-7-6-12-34(37)42-41(43)36-23-30(19-21-38(36)44-42)26-14-16-27(17-15-26)31-18-20-33-35-22-28-8-4-5-9-29(28)24-40(35)45-39(33)25-31;1-2-9-31(10-3-1)43-36-13-7-6-12-33(36)42-41(43)35-24-29(19-22-37(35)44-42)26-14-16-27(17-15-26)30-18-21-34-39(25-30)45-38-23-20-28-8-4-5-11-32(28)40(34)38/h1-27H;2*1-25H. The van der Waals surface area contributed by atoms with Crippen LogP contribution in [0.2, 0.25) is 0 Å². The van der Waals surface area contributed by atoms with Gasteiger partial charge in [-0.3, -0.25) is 0 Å². The molecule has 0 atom stereocenters. The summed E-state index contributed by atoms with van der Waals surface area (Å²) in [6.45, 7) is 0. The molecule has 0 aliphatic heterocycles. The summed E-state index contributed by atoms with van der Waals surface area (Å²) in [6, 6.07) is 168. The maximum absolute atomic E-state index is 6.52. The third-order valence-corrected chi connectivity index (χ3v) is 31.2. The molecule has 9 heterocycles. The molecule has 30 rings (SSSR count). The molecule has 0 aliphatic carbocycles. The molecule has 0 bridgehead atoms. The minimum Gasteiger partial charge on any atom is -0.454 e. The Hall–Kier alpha value is -17.2. The molecule has 0 amide bonds. The van der Waals surface area contributed by atoms with E-state index in [0.29, 0.717) is 0 Å². The molecule has 0 unspecified atom stereocenters. The van der Waals surface area contributed by atoms with Gasteiger partial charge in [-0.05, 0) is 245 Å². The van der Waals surface area contributed by atoms with Gasteiger partial charge >= 0.3 is 0 Å². The summed E-state index contributed by atoms with van der Waals surface area (Å²) < 4.78 is 34.5. The van der Waals surface area contributed by atoms with Crippen molar-refractivity contribution in [3.8, 4) is 95.0 Å². The average Bonchev–Trinajstić information content (AvgIpc) is 1.57. The highest BCUT2D eigenvalue weighted by atomic mass is 32.1. The van der Waals surface area contributed by atoms with E-state index >= 15 is 0 Å². The first kappa shape index (κ1) is 78.5. The number of hydrogen-bond acceptors (Lipinski definition) is 6. The number of aromatic nitrogens is 3. The van der Waals surface area contributed by atoms with Crippen molar-refractivity contribution in [1.29, 1.82) is 0 Å². The Kier molecular flexibility index (Phi) is 18.2. The molecule has 0 aliphatic rings. The topological polar surface area (TPSA) is 54.2 Å². The van der Waals surface area contributed by atoms with Gasteiger partial charge in [0.25, 0.3) is 0 Å². The van der Waals surface area contributed by atoms with Crippen LogP contribution >= 0.6 is 34.0 Å². The van der Waals surface area contributed by atoms with Crippen LogP contribution in [-0.2, 0) is 0 Å². The third kappa shape index (κ3) is 13.0. The Morgan fingerprint density at radius 2 is 0.511 bits per heavy atom. The molecule has 0 fully saturated rings. The van der Waals surface area contributed by atoms with Crippen molar-refractivity contribution in [2.45, 2.75) is 0 Å². The van der Waals surface area contributed by atoms with Crippen molar-refractivity contribution in [1.82, 2.24) is 13.7 Å². The number of benzene rings is 21. The predicted octanol–water partition coefficient (Wildman–Crippen LogP) is 37.7. The third-order valence-electron chi connectivity index (χ3n) is 27.8. The maximum Gasteiger partial charge on any atom is 0.161 e. The molecular formula is C128H77N3O3S3. The molecule has 0 N–H and O–H groups in total. The summed E-state index contributed by atoms with van der Waals surface area (Å²) >= 11 is 5.64. The lowest BCUT2D eigenvalue weighted by Gasteiger charge is -2.09. The fourth-order valence-corrected chi connectivity index (χ4v) is 24.9. The first-order valence-corrected chi connectivity index (χ1v) is 48.9. The van der Waals surface area contributed by atoms with Crippen molar-refractivity contribution in [3.63, 3.8) is 0 Å². The number of fused-ring (bicyclic) bond motifs is 27. The number of hydrogen-bond donors (Lipinski definition) is 0. The monoisotopic (exact) mass is 1800 g/mol. The van der Waals surface area contributed by atoms with E-state index in [2.05, 4.69) is 481 Å². The highest BCUT2D eigenvalue weighted by Gasteiger charge is 2.26. The van der Waals surface area contributed by atoms with E-state index in [1.54, 1.807) is 0 Å². The van der Waals surface area contributed by atoms with Gasteiger partial charge in [0.05, 0.1) is 16.6 Å². The minimum atomic E-state index is 0.900. The lowest BCUT2D eigenvalue weighted by molar-refractivity contribution is 0.672. The second-order valence-electron chi connectivity index (χ2n) is 35.6. The Morgan fingerprint density at radius 1 is 0.168 bits per heavy atom. The Morgan fingerprint density at radius 3 is 1.00 bits per heavy atom. The molecule has 0 saturated carbocycles. The number of nitrogens with zero attached hydrogens (tertiary/aromatic N) is 3. The van der Waals surface area contributed by atoms with E-state index in [1.807, 2.05) is 34.0 Å². The van der Waals surface area contributed by atoms with Gasteiger partial charge in [0.15, 0.2) is 16.7 Å². The lowest BCUT2D eigenvalue weighted by atomic mass is 9.95. The Balaban J connectivity index is 0.000000102. The Bertz CT molecular complexity index is 10100. The summed E-state index contributed by atoms with van der Waals surface area (Å²) in [5, 5.41) is 19.9. The molecule has 137 heavy (non-hydrogen) atoms. The molecule has 6 nitrogen and oxygen atoms in total. The van der Waals surface area contributed by atoms with Crippen molar-refractivity contribution in [3.05, 3.63) is 467 Å². The van der Waals surface area contributed by atoms with E-state index in [9.17, 15) is 0 Å². The van der Waals surface area contributed by atoms with Crippen LogP contribution in [0, 0.1) is 0 Å². The average molecular weight is 1800 g/mol. The maximum atomic E-state index is 6.52. The minimum absolute atomic E-state index is 0.900. The summed E-state index contributed by atoms with van der Waals surface area (Å²) in [5.41, 5.74) is 32.7. The normalized spacial score (nSPS) is 11.9. The molecule has 9 heteroatoms. The molecule has 21 aromatic carbocycles. The number of thiophene rings is 3. The largest absolute Gasteiger partial charge is 0.454 e. The quantitative estimate of drug-likeness (QED) is 0.137. The van der Waals surface area contributed by atoms with Crippen LogP contribution in [0.15, 0.2) is 480 Å². The molecule has 9 aromatic heterocycles. The fourth-order valence-electron chi connectivity index (χ4n) is 21.3. The number of para-hydroxylation sites is 6. The first-order chi connectivity index (χ1) is 67.9. The second-order valence-corrected chi connectivity index (χ2v) is 38.8. The van der Waals surface area contributed by atoms with Gasteiger partial charge in [-0.25, -0.2) is 0 Å². The molecule has 0 spiro atoms. The van der Waals surface area contributed by atoms with Crippen LogP contribution in [0.25, 0.3) is 276 Å². The van der Waals surface area contributed by atoms with E-state index in [0.717, 1.165) is 116 Å². The van der Waals surface area contributed by atoms with Crippen LogP contribution in [-0.4, -0.2) is 13.7 Å². The van der Waals surface area contributed by atoms with Gasteiger partial charge in [0.1, 0.15) is 33.3 Å². The smallest absolute Gasteiger partial charge is 0.161 e. The van der Waals surface area contributed by atoms with Gasteiger partial charge in [-0.15, -0.1) is 34.0 Å². The summed E-state index contributed by atoms with van der Waals surface area (Å²) in [7, 11) is 0. The van der Waals surface area contributed by atoms with Crippen molar-refractivity contribution in [2.24, 2.45) is 0 Å². The van der Waals surface area contributed by atoms with Crippen LogP contribution in [0.4, 0.5) is 0 Å². The van der Waals surface area contributed by atoms with Crippen molar-refractivity contribution < 1.29 is 13.3 Å². The van der Waals surface area contributed by atoms with E-state index < -0.39 is 0 Å². The highest BCUT2D eigenvalue weighted by molar-refractivity contribution is 7.27. The SMILES string of the molecule is c1ccc(-c2cccc3c2sc2cccc(-c4ccc(-c5ccc6oc7c8ccccc8n(-c8ccccc8)c7c6c5)cc4)c23)cc1.c1ccc(-n2c3ccccc3c3oc4ccc(-c5ccc(-c6ccc7c(c6)sc6cc8ccccc8cc67)cc5)cc4c32)cc1.c1ccc(-n2c3ccccc3c3oc4ccc(-c5ccc(-c6ccc7c(c6)sc6ccc8ccccc8c67)cc5)cc4c32)cc1. The summed E-state index contributed by atoms with van der Waals surface area (Å²) in [6.07, 6.45) is 0. The van der Waals surface area contributed by atoms with Gasteiger partial charge in [0.2, 0.25) is 0 Å². The van der Waals surface area contributed by atoms with Gasteiger partial charge < -0.3 is 27.0 Å². The van der Waals surface area contributed by atoms with Gasteiger partial charge in [-0.1, -0.05) is 322 Å². The molecule has 0 radical (unpaired) electrons. The van der Waals surface area contributed by atoms with E-state index in [4.69, 9.17) is 13.3 Å². The molecule has 640 valence electrons. The number of rotatable bonds is 10. The van der Waals surface area contributed by atoms with Gasteiger partial charge in [0, 0.05) is 110 Å². The zero-order valence-corrected chi connectivity index (χ0v) is 76.2. The summed E-state index contributed by atoms with van der Waals surface area (Å²) in [4.78, 5) is 0. The summed E-state index contributed by atoms with van der Waals surface area (Å²) in [5.74, 6) is 0. The van der Waals surface area contributed by atoms with E-state index in [1.165, 1.54) is 160 Å². The highest BCUT2D eigenvalue weighted by Crippen LogP contribution is 2.50. The molecular weight excluding hydrogens is 1720 g/mol. The fraction of sp³-hybridized carbons (Fsp3) is 0. The zero-order chi connectivity index (χ0) is 89.9. The van der Waals surface area contributed by atoms with Gasteiger partial charge in [-0.2, -0.15) is 0 Å². The number of furan rings is 3. The van der Waals surface area contributed by atoms with Crippen LogP contribution in [0.5, 0.6) is 0 Å². The Labute approximate surface area is 797 Å². The first-order valence-electron chi connectivity index (χ1n) is 46.4. The predicted molar refractivity (Wildman–Crippen MR) is 583 cm³/mol. The van der Waals surface area contributed by atoms with Crippen molar-refractivity contribution >= 4 is 215 Å².